The molecule has 6 nitrogen and oxygen atoms in total. The molecular weight excluding hydrogens is 404 g/mol. The number of carbonyl (C=O) groups is 1. The number of nitrogens with zero attached hydrogens (tertiary/aromatic N) is 1. The second kappa shape index (κ2) is 9.47. The first-order valence-corrected chi connectivity index (χ1v) is 10.5. The molecule has 0 saturated carbocycles. The topological polar surface area (TPSA) is 91.2 Å². The standard InChI is InChI=1S/C26H34N2O4/c1-9-10-16-11-19(23(30)21(12-16)32-8)24(31)28-27-15-17-13-18(25(2,3)4)14-20(22(17)29)26(5,6)7/h9,11-15,29-30H,1,10H2,2-8H3,(H,28,31)/b27-15+. The molecule has 0 radical (unpaired) electrons. The number of hydrazone groups is 1. The van der Waals surface area contributed by atoms with Gasteiger partial charge < -0.3 is 14.9 Å². The van der Waals surface area contributed by atoms with Gasteiger partial charge in [0.1, 0.15) is 5.75 Å². The van der Waals surface area contributed by atoms with Crippen LogP contribution < -0.4 is 10.2 Å². The number of carbonyl (C=O) groups excluding carboxylic acids is 1. The molecule has 2 aromatic rings. The molecule has 0 bridgehead atoms. The predicted molar refractivity (Wildman–Crippen MR) is 129 cm³/mol. The van der Waals surface area contributed by atoms with Gasteiger partial charge in [-0.15, -0.1) is 6.58 Å². The Morgan fingerprint density at radius 3 is 2.25 bits per heavy atom. The van der Waals surface area contributed by atoms with Gasteiger partial charge in [-0.05, 0) is 46.6 Å². The Morgan fingerprint density at radius 1 is 1.06 bits per heavy atom. The number of ether oxygens (including phenoxy) is 1. The van der Waals surface area contributed by atoms with Crippen molar-refractivity contribution < 1.29 is 19.7 Å². The van der Waals surface area contributed by atoms with Gasteiger partial charge >= 0.3 is 0 Å². The second-order valence-corrected chi connectivity index (χ2v) is 9.85. The summed E-state index contributed by atoms with van der Waals surface area (Å²) >= 11 is 0. The molecule has 0 aromatic heterocycles. The lowest BCUT2D eigenvalue weighted by molar-refractivity contribution is 0.0951. The average molecular weight is 439 g/mol. The van der Waals surface area contributed by atoms with E-state index in [9.17, 15) is 15.0 Å². The third kappa shape index (κ3) is 5.69. The van der Waals surface area contributed by atoms with E-state index in [0.717, 1.165) is 16.7 Å². The number of phenols is 2. The highest BCUT2D eigenvalue weighted by Gasteiger charge is 2.24. The number of hydrogen-bond donors (Lipinski definition) is 3. The molecule has 6 heteroatoms. The second-order valence-electron chi connectivity index (χ2n) is 9.85. The van der Waals surface area contributed by atoms with Gasteiger partial charge in [0.25, 0.3) is 5.91 Å². The van der Waals surface area contributed by atoms with Gasteiger partial charge in [0.2, 0.25) is 0 Å². The molecule has 172 valence electrons. The summed E-state index contributed by atoms with van der Waals surface area (Å²) in [6.07, 6.45) is 3.63. The lowest BCUT2D eigenvalue weighted by Gasteiger charge is -2.26. The van der Waals surface area contributed by atoms with Crippen LogP contribution in [0.5, 0.6) is 17.2 Å². The smallest absolute Gasteiger partial charge is 0.275 e. The largest absolute Gasteiger partial charge is 0.507 e. The summed E-state index contributed by atoms with van der Waals surface area (Å²) in [5.74, 6) is -0.532. The van der Waals surface area contributed by atoms with E-state index in [2.05, 4.69) is 37.9 Å². The van der Waals surface area contributed by atoms with Crippen LogP contribution in [0.1, 0.15) is 74.2 Å². The quantitative estimate of drug-likeness (QED) is 0.329. The molecule has 0 unspecified atom stereocenters. The van der Waals surface area contributed by atoms with Gasteiger partial charge in [0.05, 0.1) is 18.9 Å². The van der Waals surface area contributed by atoms with E-state index in [4.69, 9.17) is 4.74 Å². The minimum atomic E-state index is -0.592. The SMILES string of the molecule is C=CCc1cc(OC)c(O)c(C(=O)N/N=C/c2cc(C(C)(C)C)cc(C(C)(C)C)c2O)c1. The van der Waals surface area contributed by atoms with Crippen molar-refractivity contribution in [1.29, 1.82) is 0 Å². The van der Waals surface area contributed by atoms with Crippen molar-refractivity contribution in [3.8, 4) is 17.2 Å². The van der Waals surface area contributed by atoms with Crippen LogP contribution in [0.3, 0.4) is 0 Å². The number of nitrogens with one attached hydrogen (secondary N) is 1. The van der Waals surface area contributed by atoms with Crippen molar-refractivity contribution in [3.05, 3.63) is 64.7 Å². The minimum absolute atomic E-state index is 0.0430. The molecule has 0 fully saturated rings. The summed E-state index contributed by atoms with van der Waals surface area (Å²) in [6, 6.07) is 7.10. The van der Waals surface area contributed by atoms with E-state index in [-0.39, 0.29) is 33.6 Å². The number of allylic oxidation sites excluding steroid dienone is 1. The normalized spacial score (nSPS) is 12.1. The summed E-state index contributed by atoms with van der Waals surface area (Å²) in [5, 5.41) is 25.2. The van der Waals surface area contributed by atoms with Crippen LogP contribution in [0.25, 0.3) is 0 Å². The van der Waals surface area contributed by atoms with E-state index in [1.165, 1.54) is 13.3 Å². The molecule has 0 heterocycles. The Balaban J connectivity index is 2.40. The minimum Gasteiger partial charge on any atom is -0.507 e. The molecule has 0 saturated heterocycles. The zero-order valence-corrected chi connectivity index (χ0v) is 20.0. The van der Waals surface area contributed by atoms with E-state index >= 15 is 0 Å². The van der Waals surface area contributed by atoms with Gasteiger partial charge in [-0.1, -0.05) is 53.7 Å². The summed E-state index contributed by atoms with van der Waals surface area (Å²) < 4.78 is 5.17. The maximum atomic E-state index is 12.7. The molecule has 0 aliphatic rings. The van der Waals surface area contributed by atoms with E-state index in [0.29, 0.717) is 12.0 Å². The number of aromatic hydroxyl groups is 2. The number of hydrogen-bond acceptors (Lipinski definition) is 5. The van der Waals surface area contributed by atoms with Crippen LogP contribution >= 0.6 is 0 Å². The van der Waals surface area contributed by atoms with Gasteiger partial charge in [-0.3, -0.25) is 4.79 Å². The third-order valence-corrected chi connectivity index (χ3v) is 5.16. The maximum absolute atomic E-state index is 12.7. The molecule has 2 rings (SSSR count). The predicted octanol–water partition coefficient (Wildman–Crippen LogP) is 5.19. The van der Waals surface area contributed by atoms with Crippen LogP contribution in [0.4, 0.5) is 0 Å². The Labute approximate surface area is 190 Å². The average Bonchev–Trinajstić information content (AvgIpc) is 2.68. The first-order chi connectivity index (χ1) is 14.8. The Kier molecular flexibility index (Phi) is 7.39. The first-order valence-electron chi connectivity index (χ1n) is 10.5. The van der Waals surface area contributed by atoms with Crippen molar-refractivity contribution in [2.75, 3.05) is 7.11 Å². The Hall–Kier alpha value is -3.28. The van der Waals surface area contributed by atoms with Crippen molar-refractivity contribution in [2.24, 2.45) is 5.10 Å². The molecule has 0 aliphatic heterocycles. The fraction of sp³-hybridized carbons (Fsp3) is 0.385. The van der Waals surface area contributed by atoms with Gasteiger partial charge in [0, 0.05) is 11.1 Å². The Bertz CT molecular complexity index is 1040. The molecule has 1 amide bonds. The molecule has 0 spiro atoms. The summed E-state index contributed by atoms with van der Waals surface area (Å²) in [6.45, 7) is 16.1. The number of rotatable bonds is 6. The highest BCUT2D eigenvalue weighted by molar-refractivity contribution is 5.98. The molecule has 2 aromatic carbocycles. The fourth-order valence-electron chi connectivity index (χ4n) is 3.26. The van der Waals surface area contributed by atoms with Crippen LogP contribution in [0.2, 0.25) is 0 Å². The summed E-state index contributed by atoms with van der Waals surface area (Å²) in [7, 11) is 1.42. The van der Waals surface area contributed by atoms with E-state index in [1.807, 2.05) is 32.9 Å². The highest BCUT2D eigenvalue weighted by Crippen LogP contribution is 2.37. The van der Waals surface area contributed by atoms with Gasteiger partial charge in [0.15, 0.2) is 11.5 Å². The van der Waals surface area contributed by atoms with E-state index < -0.39 is 5.91 Å². The van der Waals surface area contributed by atoms with Crippen molar-refractivity contribution >= 4 is 12.1 Å². The molecule has 3 N–H and O–H groups in total. The molecule has 0 atom stereocenters. The fourth-order valence-corrected chi connectivity index (χ4v) is 3.26. The number of methoxy groups -OCH3 is 1. The van der Waals surface area contributed by atoms with Crippen molar-refractivity contribution in [1.82, 2.24) is 5.43 Å². The highest BCUT2D eigenvalue weighted by atomic mass is 16.5. The molecule has 32 heavy (non-hydrogen) atoms. The van der Waals surface area contributed by atoms with Crippen molar-refractivity contribution in [2.45, 2.75) is 58.8 Å². The summed E-state index contributed by atoms with van der Waals surface area (Å²) in [4.78, 5) is 12.7. The molecule has 0 aliphatic carbocycles. The Morgan fingerprint density at radius 2 is 1.72 bits per heavy atom. The van der Waals surface area contributed by atoms with Crippen LogP contribution in [-0.2, 0) is 17.3 Å². The van der Waals surface area contributed by atoms with Crippen LogP contribution in [-0.4, -0.2) is 29.4 Å². The lowest BCUT2D eigenvalue weighted by atomic mass is 9.79. The maximum Gasteiger partial charge on any atom is 0.275 e. The van der Waals surface area contributed by atoms with E-state index in [1.54, 1.807) is 18.2 Å². The zero-order chi connectivity index (χ0) is 24.3. The third-order valence-electron chi connectivity index (χ3n) is 5.16. The number of phenolic OH excluding ortho intramolecular Hbond substituents is 2. The van der Waals surface area contributed by atoms with Gasteiger partial charge in [-0.2, -0.15) is 5.10 Å². The zero-order valence-electron chi connectivity index (χ0n) is 20.0. The number of amides is 1. The van der Waals surface area contributed by atoms with Gasteiger partial charge in [-0.25, -0.2) is 5.43 Å². The number of benzene rings is 2. The lowest BCUT2D eigenvalue weighted by Crippen LogP contribution is -2.19. The first kappa shape index (κ1) is 25.0. The van der Waals surface area contributed by atoms with Crippen LogP contribution in [0, 0.1) is 0 Å². The monoisotopic (exact) mass is 438 g/mol. The summed E-state index contributed by atoms with van der Waals surface area (Å²) in [5.41, 5.74) is 5.20. The molecular formula is C26H34N2O4. The van der Waals surface area contributed by atoms with Crippen molar-refractivity contribution in [3.63, 3.8) is 0 Å². The van der Waals surface area contributed by atoms with Crippen LogP contribution in [0.15, 0.2) is 42.0 Å².